The van der Waals surface area contributed by atoms with Gasteiger partial charge < -0.3 is 24.8 Å². The number of amides is 2. The summed E-state index contributed by atoms with van der Waals surface area (Å²) in [6.45, 7) is 0.0570. The van der Waals surface area contributed by atoms with Crippen LogP contribution in [0.1, 0.15) is 22.3 Å². The number of carbonyl (C=O) groups is 3. The topological polar surface area (TPSA) is 103 Å². The van der Waals surface area contributed by atoms with E-state index in [0.717, 1.165) is 5.56 Å². The fourth-order valence-corrected chi connectivity index (χ4v) is 2.30. The van der Waals surface area contributed by atoms with Gasteiger partial charge in [0, 0.05) is 5.56 Å². The lowest BCUT2D eigenvalue weighted by Crippen LogP contribution is -2.49. The molecule has 0 fully saturated rings. The molecule has 0 saturated carbocycles. The molecule has 1 unspecified atom stereocenters. The number of hydrogen-bond donors (Lipinski definition) is 2. The summed E-state index contributed by atoms with van der Waals surface area (Å²) in [6.07, 6.45) is -2.04. The van der Waals surface area contributed by atoms with E-state index in [0.29, 0.717) is 11.3 Å². The summed E-state index contributed by atoms with van der Waals surface area (Å²) in [4.78, 5) is 36.1. The second-order valence-electron chi connectivity index (χ2n) is 5.74. The summed E-state index contributed by atoms with van der Waals surface area (Å²) < 4.78 is 14.8. The van der Waals surface area contributed by atoms with Gasteiger partial charge in [0.05, 0.1) is 20.6 Å². The molecule has 0 radical (unpaired) electrons. The Balaban J connectivity index is 1.98. The second-order valence-corrected chi connectivity index (χ2v) is 5.74. The van der Waals surface area contributed by atoms with Crippen LogP contribution < -0.4 is 15.4 Å². The average molecular weight is 386 g/mol. The number of carbonyl (C=O) groups excluding carboxylic acids is 3. The van der Waals surface area contributed by atoms with Gasteiger partial charge in [-0.05, 0) is 23.8 Å². The van der Waals surface area contributed by atoms with Crippen LogP contribution in [-0.2, 0) is 20.9 Å². The molecule has 148 valence electrons. The van der Waals surface area contributed by atoms with Crippen molar-refractivity contribution in [1.29, 1.82) is 0 Å². The summed E-state index contributed by atoms with van der Waals surface area (Å²) in [6, 6.07) is 15.6. The van der Waals surface area contributed by atoms with E-state index >= 15 is 0 Å². The molecule has 2 aromatic carbocycles. The predicted molar refractivity (Wildman–Crippen MR) is 101 cm³/mol. The van der Waals surface area contributed by atoms with Crippen molar-refractivity contribution in [3.05, 3.63) is 65.7 Å². The lowest BCUT2D eigenvalue weighted by atomic mass is 10.2. The first-order valence-electron chi connectivity index (χ1n) is 8.50. The summed E-state index contributed by atoms with van der Waals surface area (Å²) >= 11 is 0. The number of alkyl carbamates (subject to hydrolysis) is 1. The minimum absolute atomic E-state index is 0.0570. The predicted octanol–water partition coefficient (Wildman–Crippen LogP) is 2.24. The highest BCUT2D eigenvalue weighted by molar-refractivity contribution is 5.95. The van der Waals surface area contributed by atoms with Gasteiger partial charge in [0.25, 0.3) is 5.91 Å². The zero-order chi connectivity index (χ0) is 20.4. The van der Waals surface area contributed by atoms with E-state index in [1.165, 1.54) is 20.3 Å². The average Bonchev–Trinajstić information content (AvgIpc) is 2.72. The Morgan fingerprint density at radius 1 is 0.964 bits per heavy atom. The Hall–Kier alpha value is -3.55. The Labute approximate surface area is 162 Å². The van der Waals surface area contributed by atoms with Gasteiger partial charge in [0.1, 0.15) is 18.5 Å². The lowest BCUT2D eigenvalue weighted by Gasteiger charge is -2.19. The number of nitrogens with one attached hydrogen (secondary N) is 2. The third-order valence-electron chi connectivity index (χ3n) is 3.74. The summed E-state index contributed by atoms with van der Waals surface area (Å²) in [5, 5.41) is 5.03. The molecule has 0 heterocycles. The second kappa shape index (κ2) is 10.6. The van der Waals surface area contributed by atoms with Gasteiger partial charge in [-0.15, -0.1) is 0 Å². The zero-order valence-electron chi connectivity index (χ0n) is 15.6. The van der Waals surface area contributed by atoms with Crippen LogP contribution in [0.5, 0.6) is 5.75 Å². The van der Waals surface area contributed by atoms with Crippen molar-refractivity contribution in [2.45, 2.75) is 19.2 Å². The molecule has 2 amide bonds. The lowest BCUT2D eigenvalue weighted by molar-refractivity contribution is -0.141. The Morgan fingerprint density at radius 3 is 2.39 bits per heavy atom. The standard InChI is InChI=1S/C20H22N2O6/c1-26-16-10-6-9-15(11-16)19(24)21-17(12-18(23)27-2)22-20(25)28-13-14-7-4-3-5-8-14/h3-11,17H,12-13H2,1-2H3,(H,21,24)(H,22,25). The maximum atomic E-state index is 12.4. The van der Waals surface area contributed by atoms with E-state index in [1.807, 2.05) is 30.3 Å². The van der Waals surface area contributed by atoms with Crippen LogP contribution in [-0.4, -0.2) is 38.4 Å². The molecule has 0 saturated heterocycles. The van der Waals surface area contributed by atoms with Crippen LogP contribution in [0.2, 0.25) is 0 Å². The summed E-state index contributed by atoms with van der Waals surface area (Å²) in [7, 11) is 2.71. The highest BCUT2D eigenvalue weighted by Gasteiger charge is 2.21. The maximum Gasteiger partial charge on any atom is 0.409 e. The molecule has 8 heteroatoms. The van der Waals surface area contributed by atoms with Crippen molar-refractivity contribution in [3.8, 4) is 5.75 Å². The molecule has 2 rings (SSSR count). The van der Waals surface area contributed by atoms with Crippen LogP contribution in [0.15, 0.2) is 54.6 Å². The van der Waals surface area contributed by atoms with Crippen LogP contribution in [0.4, 0.5) is 4.79 Å². The molecule has 2 N–H and O–H groups in total. The fourth-order valence-electron chi connectivity index (χ4n) is 2.30. The Morgan fingerprint density at radius 2 is 1.71 bits per heavy atom. The first-order chi connectivity index (χ1) is 13.5. The normalized spacial score (nSPS) is 11.1. The van der Waals surface area contributed by atoms with Gasteiger partial charge in [-0.1, -0.05) is 36.4 Å². The van der Waals surface area contributed by atoms with Crippen molar-refractivity contribution in [2.75, 3.05) is 14.2 Å². The smallest absolute Gasteiger partial charge is 0.409 e. The number of benzene rings is 2. The third-order valence-corrected chi connectivity index (χ3v) is 3.74. The first kappa shape index (κ1) is 20.8. The molecule has 0 aromatic heterocycles. The number of esters is 1. The minimum atomic E-state index is -1.01. The largest absolute Gasteiger partial charge is 0.497 e. The summed E-state index contributed by atoms with van der Waals surface area (Å²) in [5.41, 5.74) is 1.12. The van der Waals surface area contributed by atoms with Crippen LogP contribution in [0.3, 0.4) is 0 Å². The van der Waals surface area contributed by atoms with E-state index in [9.17, 15) is 14.4 Å². The molecule has 0 aliphatic heterocycles. The van der Waals surface area contributed by atoms with E-state index < -0.39 is 24.1 Å². The van der Waals surface area contributed by atoms with E-state index in [2.05, 4.69) is 15.4 Å². The molecule has 0 aliphatic carbocycles. The van der Waals surface area contributed by atoms with Crippen molar-refractivity contribution >= 4 is 18.0 Å². The number of rotatable bonds is 8. The highest BCUT2D eigenvalue weighted by Crippen LogP contribution is 2.12. The molecular weight excluding hydrogens is 364 g/mol. The number of methoxy groups -OCH3 is 2. The molecule has 1 atom stereocenters. The SMILES string of the molecule is COC(=O)CC(NC(=O)OCc1ccccc1)NC(=O)c1cccc(OC)c1. The van der Waals surface area contributed by atoms with Crippen LogP contribution in [0, 0.1) is 0 Å². The number of hydrogen-bond acceptors (Lipinski definition) is 6. The quantitative estimate of drug-likeness (QED) is 0.533. The van der Waals surface area contributed by atoms with Crippen molar-refractivity contribution < 1.29 is 28.6 Å². The Bertz CT molecular complexity index is 809. The first-order valence-corrected chi connectivity index (χ1v) is 8.50. The van der Waals surface area contributed by atoms with Crippen molar-refractivity contribution in [1.82, 2.24) is 10.6 Å². The zero-order valence-corrected chi connectivity index (χ0v) is 15.6. The van der Waals surface area contributed by atoms with Gasteiger partial charge in [0.2, 0.25) is 0 Å². The maximum absolute atomic E-state index is 12.4. The van der Waals surface area contributed by atoms with Gasteiger partial charge in [-0.25, -0.2) is 4.79 Å². The fraction of sp³-hybridized carbons (Fsp3) is 0.250. The minimum Gasteiger partial charge on any atom is -0.497 e. The van der Waals surface area contributed by atoms with Gasteiger partial charge in [-0.3, -0.25) is 9.59 Å². The number of ether oxygens (including phenoxy) is 3. The van der Waals surface area contributed by atoms with Gasteiger partial charge in [0.15, 0.2) is 0 Å². The van der Waals surface area contributed by atoms with Gasteiger partial charge >= 0.3 is 12.1 Å². The van der Waals surface area contributed by atoms with E-state index in [1.54, 1.807) is 18.2 Å². The van der Waals surface area contributed by atoms with Crippen LogP contribution >= 0.6 is 0 Å². The van der Waals surface area contributed by atoms with Crippen molar-refractivity contribution in [3.63, 3.8) is 0 Å². The molecule has 28 heavy (non-hydrogen) atoms. The molecular formula is C20H22N2O6. The highest BCUT2D eigenvalue weighted by atomic mass is 16.5. The van der Waals surface area contributed by atoms with E-state index in [4.69, 9.17) is 9.47 Å². The van der Waals surface area contributed by atoms with Crippen LogP contribution in [0.25, 0.3) is 0 Å². The summed E-state index contributed by atoms with van der Waals surface area (Å²) in [5.74, 6) is -0.581. The van der Waals surface area contributed by atoms with Gasteiger partial charge in [-0.2, -0.15) is 0 Å². The van der Waals surface area contributed by atoms with E-state index in [-0.39, 0.29) is 13.0 Å². The Kier molecular flexibility index (Phi) is 7.83. The monoisotopic (exact) mass is 386 g/mol. The molecule has 0 spiro atoms. The molecule has 2 aromatic rings. The molecule has 8 nitrogen and oxygen atoms in total. The van der Waals surface area contributed by atoms with Crippen molar-refractivity contribution in [2.24, 2.45) is 0 Å². The molecule has 0 bridgehead atoms. The molecule has 0 aliphatic rings. The third kappa shape index (κ3) is 6.64.